The average molecular weight is 474 g/mol. The van der Waals surface area contributed by atoms with E-state index in [0.29, 0.717) is 13.1 Å². The van der Waals surface area contributed by atoms with Crippen LogP contribution in [-0.4, -0.2) is 30.6 Å². The van der Waals surface area contributed by atoms with Gasteiger partial charge >= 0.3 is 0 Å². The maximum Gasteiger partial charge on any atom is 0.191 e. The van der Waals surface area contributed by atoms with Crippen molar-refractivity contribution in [2.24, 2.45) is 4.99 Å². The van der Waals surface area contributed by atoms with Gasteiger partial charge in [-0.15, -0.1) is 35.3 Å². The molecule has 2 rings (SSSR count). The first kappa shape index (κ1) is 21.7. The molecule has 0 aliphatic rings. The molecular weight excluding hydrogens is 447 g/mol. The number of guanidine groups is 1. The summed E-state index contributed by atoms with van der Waals surface area (Å²) in [6, 6.07) is 8.04. The zero-order chi connectivity index (χ0) is 17.5. The largest absolute Gasteiger partial charge is 0.489 e. The van der Waals surface area contributed by atoms with Crippen LogP contribution in [0.1, 0.15) is 28.1 Å². The predicted molar refractivity (Wildman–Crippen MR) is 116 cm³/mol. The summed E-state index contributed by atoms with van der Waals surface area (Å²) >= 11 is 1.71. The van der Waals surface area contributed by atoms with Crippen molar-refractivity contribution in [2.45, 2.75) is 40.3 Å². The van der Waals surface area contributed by atoms with Crippen molar-refractivity contribution in [1.29, 1.82) is 0 Å². The van der Waals surface area contributed by atoms with E-state index in [4.69, 9.17) is 4.74 Å². The normalized spacial score (nSPS) is 12.3. The Bertz CT molecular complexity index is 683. The number of benzene rings is 1. The molecule has 1 unspecified atom stereocenters. The Hall–Kier alpha value is -1.35. The second kappa shape index (κ2) is 10.6. The van der Waals surface area contributed by atoms with E-state index in [-0.39, 0.29) is 30.1 Å². The standard InChI is InChI=1S/C18H26N4OS.HI/c1-12-8-6-7-9-16(12)23-13(2)10-20-18(19-5)21-11-17-22-14(3)15(4)24-17;/h6-9,13H,10-11H2,1-5H3,(H2,19,20,21);1H. The lowest BCUT2D eigenvalue weighted by Crippen LogP contribution is -2.41. The first-order chi connectivity index (χ1) is 11.5. The molecule has 2 N–H and O–H groups in total. The van der Waals surface area contributed by atoms with Crippen molar-refractivity contribution in [3.05, 3.63) is 45.4 Å². The van der Waals surface area contributed by atoms with Crippen LogP contribution in [0, 0.1) is 20.8 Å². The number of hydrogen-bond donors (Lipinski definition) is 2. The van der Waals surface area contributed by atoms with E-state index < -0.39 is 0 Å². The van der Waals surface area contributed by atoms with Gasteiger partial charge in [0.2, 0.25) is 0 Å². The van der Waals surface area contributed by atoms with Crippen LogP contribution < -0.4 is 15.4 Å². The number of aliphatic imine (C=N–C) groups is 1. The summed E-state index contributed by atoms with van der Waals surface area (Å²) in [7, 11) is 1.76. The number of ether oxygens (including phenoxy) is 1. The molecule has 0 saturated carbocycles. The fourth-order valence-corrected chi connectivity index (χ4v) is 3.06. The Morgan fingerprint density at radius 3 is 2.56 bits per heavy atom. The van der Waals surface area contributed by atoms with Gasteiger partial charge in [0.05, 0.1) is 18.8 Å². The minimum atomic E-state index is 0. The SMILES string of the molecule is CN=C(NCc1nc(C)c(C)s1)NCC(C)Oc1ccccc1C.I. The molecule has 7 heteroatoms. The molecular formula is C18H27IN4OS. The van der Waals surface area contributed by atoms with Crippen LogP contribution in [0.25, 0.3) is 0 Å². The first-order valence-electron chi connectivity index (χ1n) is 8.09. The fraction of sp³-hybridized carbons (Fsp3) is 0.444. The first-order valence-corrected chi connectivity index (χ1v) is 8.91. The Morgan fingerprint density at radius 2 is 1.96 bits per heavy atom. The molecule has 138 valence electrons. The van der Waals surface area contributed by atoms with Crippen molar-refractivity contribution in [2.75, 3.05) is 13.6 Å². The number of halogens is 1. The molecule has 25 heavy (non-hydrogen) atoms. The number of nitrogens with zero attached hydrogens (tertiary/aromatic N) is 2. The number of thiazole rings is 1. The van der Waals surface area contributed by atoms with E-state index in [1.165, 1.54) is 4.88 Å². The molecule has 0 spiro atoms. The Morgan fingerprint density at radius 1 is 1.24 bits per heavy atom. The maximum atomic E-state index is 5.97. The van der Waals surface area contributed by atoms with Gasteiger partial charge in [-0.2, -0.15) is 0 Å². The molecule has 1 aromatic carbocycles. The summed E-state index contributed by atoms with van der Waals surface area (Å²) in [6.45, 7) is 9.56. The van der Waals surface area contributed by atoms with Crippen LogP contribution in [0.15, 0.2) is 29.3 Å². The molecule has 0 aliphatic heterocycles. The van der Waals surface area contributed by atoms with Gasteiger partial charge in [-0.25, -0.2) is 4.98 Å². The second-order valence-electron chi connectivity index (χ2n) is 5.75. The number of rotatable bonds is 6. The van der Waals surface area contributed by atoms with Gasteiger partial charge in [-0.05, 0) is 39.3 Å². The van der Waals surface area contributed by atoms with Gasteiger partial charge in [-0.3, -0.25) is 4.99 Å². The van der Waals surface area contributed by atoms with Gasteiger partial charge in [0.25, 0.3) is 0 Å². The van der Waals surface area contributed by atoms with E-state index in [1.807, 2.05) is 45.0 Å². The van der Waals surface area contributed by atoms with Crippen LogP contribution >= 0.6 is 35.3 Å². The quantitative estimate of drug-likeness (QED) is 0.380. The van der Waals surface area contributed by atoms with Crippen LogP contribution in [0.5, 0.6) is 5.75 Å². The summed E-state index contributed by atoms with van der Waals surface area (Å²) in [6.07, 6.45) is 0.0361. The zero-order valence-electron chi connectivity index (χ0n) is 15.4. The summed E-state index contributed by atoms with van der Waals surface area (Å²) in [5, 5.41) is 7.65. The summed E-state index contributed by atoms with van der Waals surface area (Å²) in [4.78, 5) is 10.0. The minimum absolute atomic E-state index is 0. The summed E-state index contributed by atoms with van der Waals surface area (Å²) < 4.78 is 5.97. The summed E-state index contributed by atoms with van der Waals surface area (Å²) in [5.41, 5.74) is 2.24. The fourth-order valence-electron chi connectivity index (χ4n) is 2.18. The Labute approximate surface area is 171 Å². The molecule has 1 aromatic heterocycles. The van der Waals surface area contributed by atoms with Gasteiger partial charge in [0, 0.05) is 11.9 Å². The van der Waals surface area contributed by atoms with Crippen LogP contribution in [0.3, 0.4) is 0 Å². The minimum Gasteiger partial charge on any atom is -0.489 e. The van der Waals surface area contributed by atoms with Gasteiger partial charge < -0.3 is 15.4 Å². The lowest BCUT2D eigenvalue weighted by Gasteiger charge is -2.18. The monoisotopic (exact) mass is 474 g/mol. The predicted octanol–water partition coefficient (Wildman–Crippen LogP) is 3.82. The average Bonchev–Trinajstić information content (AvgIpc) is 2.88. The molecule has 5 nitrogen and oxygen atoms in total. The van der Waals surface area contributed by atoms with Crippen LogP contribution in [0.4, 0.5) is 0 Å². The van der Waals surface area contributed by atoms with E-state index in [1.54, 1.807) is 18.4 Å². The van der Waals surface area contributed by atoms with E-state index >= 15 is 0 Å². The third kappa shape index (κ3) is 6.81. The van der Waals surface area contributed by atoms with Crippen molar-refractivity contribution in [1.82, 2.24) is 15.6 Å². The molecule has 0 fully saturated rings. The van der Waals surface area contributed by atoms with Crippen molar-refractivity contribution >= 4 is 41.3 Å². The van der Waals surface area contributed by atoms with Crippen molar-refractivity contribution < 1.29 is 4.74 Å². The third-order valence-corrected chi connectivity index (χ3v) is 4.76. The Balaban J connectivity index is 0.00000312. The van der Waals surface area contributed by atoms with E-state index in [0.717, 1.165) is 28.0 Å². The highest BCUT2D eigenvalue weighted by Gasteiger charge is 2.08. The molecule has 0 bridgehead atoms. The van der Waals surface area contributed by atoms with Gasteiger partial charge in [-0.1, -0.05) is 18.2 Å². The number of hydrogen-bond acceptors (Lipinski definition) is 4. The summed E-state index contributed by atoms with van der Waals surface area (Å²) in [5.74, 6) is 1.67. The second-order valence-corrected chi connectivity index (χ2v) is 7.04. The molecule has 2 aromatic rings. The lowest BCUT2D eigenvalue weighted by atomic mass is 10.2. The highest BCUT2D eigenvalue weighted by molar-refractivity contribution is 14.0. The molecule has 0 aliphatic carbocycles. The Kier molecular flexibility index (Phi) is 9.20. The molecule has 1 atom stereocenters. The van der Waals surface area contributed by atoms with Crippen LogP contribution in [-0.2, 0) is 6.54 Å². The van der Waals surface area contributed by atoms with Crippen molar-refractivity contribution in [3.8, 4) is 5.75 Å². The maximum absolute atomic E-state index is 5.97. The van der Waals surface area contributed by atoms with Gasteiger partial charge in [0.15, 0.2) is 5.96 Å². The number of para-hydroxylation sites is 1. The molecule has 0 saturated heterocycles. The van der Waals surface area contributed by atoms with E-state index in [9.17, 15) is 0 Å². The molecule has 0 radical (unpaired) electrons. The van der Waals surface area contributed by atoms with Gasteiger partial charge in [0.1, 0.15) is 16.9 Å². The highest BCUT2D eigenvalue weighted by Crippen LogP contribution is 2.17. The third-order valence-electron chi connectivity index (χ3n) is 3.68. The number of nitrogens with one attached hydrogen (secondary N) is 2. The molecule has 1 heterocycles. The zero-order valence-corrected chi connectivity index (χ0v) is 18.6. The molecule has 0 amide bonds. The number of aryl methyl sites for hydroxylation is 3. The highest BCUT2D eigenvalue weighted by atomic mass is 127. The topological polar surface area (TPSA) is 58.5 Å². The number of aromatic nitrogens is 1. The van der Waals surface area contributed by atoms with Crippen molar-refractivity contribution in [3.63, 3.8) is 0 Å². The lowest BCUT2D eigenvalue weighted by molar-refractivity contribution is 0.222. The van der Waals surface area contributed by atoms with Crippen LogP contribution in [0.2, 0.25) is 0 Å². The smallest absolute Gasteiger partial charge is 0.191 e. The van der Waals surface area contributed by atoms with E-state index in [2.05, 4.69) is 27.5 Å².